The van der Waals surface area contributed by atoms with Gasteiger partial charge >= 0.3 is 0 Å². The van der Waals surface area contributed by atoms with Crippen LogP contribution in [0.4, 0.5) is 0 Å². The van der Waals surface area contributed by atoms with E-state index in [-0.39, 0.29) is 17.4 Å². The number of rotatable bonds is 6. The Kier molecular flexibility index (Phi) is 4.92. The van der Waals surface area contributed by atoms with E-state index in [1.165, 1.54) is 4.68 Å². The van der Waals surface area contributed by atoms with Crippen LogP contribution in [0.5, 0.6) is 0 Å². The van der Waals surface area contributed by atoms with E-state index in [1.807, 2.05) is 19.9 Å². The van der Waals surface area contributed by atoms with Crippen LogP contribution in [0, 0.1) is 5.92 Å². The van der Waals surface area contributed by atoms with E-state index in [1.54, 1.807) is 36.6 Å². The zero-order valence-electron chi connectivity index (χ0n) is 14.2. The van der Waals surface area contributed by atoms with Gasteiger partial charge in [-0.3, -0.25) is 9.59 Å². The molecular formula is C18H20N4O3. The average molecular weight is 340 g/mol. The number of carbonyl (C=O) groups excluding carboxylic acids is 1. The van der Waals surface area contributed by atoms with Gasteiger partial charge in [-0.2, -0.15) is 4.68 Å². The maximum atomic E-state index is 12.7. The standard InChI is InChI=1S/C18H20N4O3/c1-12(2)16(17(23)19-10-9-13-6-5-11-25-13)22-18(24)14-7-3-4-8-15(14)20-21-22/h3-8,11-12,16H,9-10H2,1-2H3,(H,19,23)/t16-/m0/s1. The molecule has 1 N–H and O–H groups in total. The molecule has 0 aliphatic heterocycles. The van der Waals surface area contributed by atoms with Crippen LogP contribution in [-0.4, -0.2) is 27.4 Å². The number of benzene rings is 1. The van der Waals surface area contributed by atoms with Crippen LogP contribution in [0.2, 0.25) is 0 Å². The topological polar surface area (TPSA) is 90.0 Å². The third-order valence-electron chi connectivity index (χ3n) is 4.01. The molecule has 0 saturated carbocycles. The van der Waals surface area contributed by atoms with Gasteiger partial charge in [-0.15, -0.1) is 5.10 Å². The highest BCUT2D eigenvalue weighted by molar-refractivity contribution is 5.81. The van der Waals surface area contributed by atoms with Crippen molar-refractivity contribution in [1.82, 2.24) is 20.3 Å². The minimum Gasteiger partial charge on any atom is -0.469 e. The van der Waals surface area contributed by atoms with Gasteiger partial charge in [0.1, 0.15) is 17.3 Å². The SMILES string of the molecule is CC(C)[C@@H](C(=O)NCCc1ccco1)n1nnc2ccccc2c1=O. The zero-order valence-corrected chi connectivity index (χ0v) is 14.2. The molecule has 0 aliphatic carbocycles. The Labute approximate surface area is 144 Å². The van der Waals surface area contributed by atoms with Crippen molar-refractivity contribution in [3.05, 3.63) is 58.8 Å². The largest absolute Gasteiger partial charge is 0.469 e. The van der Waals surface area contributed by atoms with Gasteiger partial charge in [-0.05, 0) is 30.2 Å². The van der Waals surface area contributed by atoms with E-state index in [4.69, 9.17) is 4.42 Å². The minimum atomic E-state index is -0.721. The fourth-order valence-corrected chi connectivity index (χ4v) is 2.75. The average Bonchev–Trinajstić information content (AvgIpc) is 3.10. The Morgan fingerprint density at radius 1 is 1.24 bits per heavy atom. The van der Waals surface area contributed by atoms with E-state index in [9.17, 15) is 9.59 Å². The maximum Gasteiger partial charge on any atom is 0.278 e. The Morgan fingerprint density at radius 3 is 2.76 bits per heavy atom. The van der Waals surface area contributed by atoms with Gasteiger partial charge in [0.2, 0.25) is 5.91 Å². The number of hydrogen-bond acceptors (Lipinski definition) is 5. The van der Waals surface area contributed by atoms with Crippen LogP contribution in [0.25, 0.3) is 10.9 Å². The van der Waals surface area contributed by atoms with Crippen molar-refractivity contribution >= 4 is 16.8 Å². The van der Waals surface area contributed by atoms with Gasteiger partial charge in [0.25, 0.3) is 5.56 Å². The molecule has 3 aromatic rings. The van der Waals surface area contributed by atoms with Crippen molar-refractivity contribution < 1.29 is 9.21 Å². The van der Waals surface area contributed by atoms with Gasteiger partial charge in [0.05, 0.1) is 11.6 Å². The summed E-state index contributed by atoms with van der Waals surface area (Å²) < 4.78 is 6.42. The molecule has 7 nitrogen and oxygen atoms in total. The lowest BCUT2D eigenvalue weighted by atomic mass is 10.0. The number of fused-ring (bicyclic) bond motifs is 1. The van der Waals surface area contributed by atoms with Crippen molar-refractivity contribution in [3.8, 4) is 0 Å². The lowest BCUT2D eigenvalue weighted by Gasteiger charge is -2.21. The smallest absolute Gasteiger partial charge is 0.278 e. The molecule has 0 unspecified atom stereocenters. The molecule has 0 radical (unpaired) electrons. The second kappa shape index (κ2) is 7.29. The molecule has 0 aliphatic rings. The second-order valence-electron chi connectivity index (χ2n) is 6.17. The van der Waals surface area contributed by atoms with Crippen LogP contribution >= 0.6 is 0 Å². The fourth-order valence-electron chi connectivity index (χ4n) is 2.75. The molecular weight excluding hydrogens is 320 g/mol. The molecule has 3 rings (SSSR count). The molecule has 7 heteroatoms. The Bertz CT molecular complexity index is 915. The van der Waals surface area contributed by atoms with E-state index >= 15 is 0 Å². The van der Waals surface area contributed by atoms with E-state index in [0.717, 1.165) is 5.76 Å². The third-order valence-corrected chi connectivity index (χ3v) is 4.01. The lowest BCUT2D eigenvalue weighted by molar-refractivity contribution is -0.126. The summed E-state index contributed by atoms with van der Waals surface area (Å²) in [6.07, 6.45) is 2.18. The molecule has 2 aromatic heterocycles. The predicted octanol–water partition coefficient (Wildman–Crippen LogP) is 1.94. The van der Waals surface area contributed by atoms with Gasteiger partial charge < -0.3 is 9.73 Å². The van der Waals surface area contributed by atoms with Crippen molar-refractivity contribution in [2.75, 3.05) is 6.54 Å². The van der Waals surface area contributed by atoms with Crippen molar-refractivity contribution in [2.24, 2.45) is 5.92 Å². The van der Waals surface area contributed by atoms with E-state index in [2.05, 4.69) is 15.6 Å². The third kappa shape index (κ3) is 3.60. The van der Waals surface area contributed by atoms with Gasteiger partial charge in [-0.1, -0.05) is 31.2 Å². The number of furan rings is 1. The zero-order chi connectivity index (χ0) is 17.8. The summed E-state index contributed by atoms with van der Waals surface area (Å²) in [6, 6.07) is 9.91. The van der Waals surface area contributed by atoms with Crippen molar-refractivity contribution in [1.29, 1.82) is 0 Å². The van der Waals surface area contributed by atoms with Gasteiger partial charge in [0.15, 0.2) is 0 Å². The molecule has 1 aromatic carbocycles. The Hall–Kier alpha value is -2.96. The number of aromatic nitrogens is 3. The summed E-state index contributed by atoms with van der Waals surface area (Å²) in [4.78, 5) is 25.3. The molecule has 1 atom stereocenters. The van der Waals surface area contributed by atoms with Crippen molar-refractivity contribution in [3.63, 3.8) is 0 Å². The highest BCUT2D eigenvalue weighted by atomic mass is 16.3. The van der Waals surface area contributed by atoms with Crippen LogP contribution in [-0.2, 0) is 11.2 Å². The highest BCUT2D eigenvalue weighted by Gasteiger charge is 2.27. The monoisotopic (exact) mass is 340 g/mol. The lowest BCUT2D eigenvalue weighted by Crippen LogP contribution is -2.42. The first-order valence-corrected chi connectivity index (χ1v) is 8.22. The first-order chi connectivity index (χ1) is 12.1. The first kappa shape index (κ1) is 16.9. The summed E-state index contributed by atoms with van der Waals surface area (Å²) in [5.74, 6) is 0.425. The van der Waals surface area contributed by atoms with Crippen molar-refractivity contribution in [2.45, 2.75) is 26.3 Å². The Balaban J connectivity index is 1.82. The van der Waals surface area contributed by atoms with Gasteiger partial charge in [-0.25, -0.2) is 0 Å². The quantitative estimate of drug-likeness (QED) is 0.740. The summed E-state index contributed by atoms with van der Waals surface area (Å²) in [7, 11) is 0. The maximum absolute atomic E-state index is 12.7. The highest BCUT2D eigenvalue weighted by Crippen LogP contribution is 2.16. The second-order valence-corrected chi connectivity index (χ2v) is 6.17. The number of nitrogens with one attached hydrogen (secondary N) is 1. The Morgan fingerprint density at radius 2 is 2.04 bits per heavy atom. The molecule has 0 fully saturated rings. The van der Waals surface area contributed by atoms with Gasteiger partial charge in [0, 0.05) is 13.0 Å². The summed E-state index contributed by atoms with van der Waals surface area (Å²) in [5, 5.41) is 11.3. The fraction of sp³-hybridized carbons (Fsp3) is 0.333. The van der Waals surface area contributed by atoms with Crippen LogP contribution in [0.1, 0.15) is 25.6 Å². The summed E-state index contributed by atoms with van der Waals surface area (Å²) in [6.45, 7) is 4.17. The number of hydrogen-bond donors (Lipinski definition) is 1. The molecule has 130 valence electrons. The number of nitrogens with zero attached hydrogens (tertiary/aromatic N) is 3. The first-order valence-electron chi connectivity index (χ1n) is 8.22. The normalized spacial score (nSPS) is 12.4. The van der Waals surface area contributed by atoms with E-state index in [0.29, 0.717) is 23.9 Å². The molecule has 1 amide bonds. The molecule has 25 heavy (non-hydrogen) atoms. The van der Waals surface area contributed by atoms with Crippen LogP contribution in [0.15, 0.2) is 51.9 Å². The summed E-state index contributed by atoms with van der Waals surface area (Å²) >= 11 is 0. The molecule has 2 heterocycles. The molecule has 0 saturated heterocycles. The number of amides is 1. The summed E-state index contributed by atoms with van der Waals surface area (Å²) in [5.41, 5.74) is 0.204. The van der Waals surface area contributed by atoms with Crippen LogP contribution in [0.3, 0.4) is 0 Å². The minimum absolute atomic E-state index is 0.114. The van der Waals surface area contributed by atoms with Crippen LogP contribution < -0.4 is 10.9 Å². The van der Waals surface area contributed by atoms with E-state index < -0.39 is 6.04 Å². The molecule has 0 bridgehead atoms. The number of carbonyl (C=O) groups is 1. The molecule has 0 spiro atoms. The predicted molar refractivity (Wildman–Crippen MR) is 93.1 cm³/mol.